The SMILES string of the molecule is O=C(NN=Cc1ccc(CCl)cc1O)c1cccc(C(=O)NN=Cc2cc(CCl)ccc2O)c1. The van der Waals surface area contributed by atoms with Gasteiger partial charge in [0.15, 0.2) is 0 Å². The maximum absolute atomic E-state index is 12.4. The normalized spacial score (nSPS) is 11.1. The molecule has 0 spiro atoms. The number of nitrogens with one attached hydrogen (secondary N) is 2. The second-order valence-corrected chi connectivity index (χ2v) is 7.57. The number of carbonyl (C=O) groups is 2. The highest BCUT2D eigenvalue weighted by Gasteiger charge is 2.10. The summed E-state index contributed by atoms with van der Waals surface area (Å²) in [6.45, 7) is 0. The van der Waals surface area contributed by atoms with Crippen LogP contribution in [0.1, 0.15) is 43.0 Å². The minimum absolute atomic E-state index is 0.00519. The van der Waals surface area contributed by atoms with Gasteiger partial charge in [-0.3, -0.25) is 9.59 Å². The van der Waals surface area contributed by atoms with Gasteiger partial charge in [0.2, 0.25) is 0 Å². The van der Waals surface area contributed by atoms with Crippen molar-refractivity contribution in [2.24, 2.45) is 10.2 Å². The molecule has 3 aromatic carbocycles. The summed E-state index contributed by atoms with van der Waals surface area (Å²) in [7, 11) is 0. The number of phenolic OH excluding ortho intramolecular Hbond substituents is 2. The highest BCUT2D eigenvalue weighted by Crippen LogP contribution is 2.19. The Labute approximate surface area is 205 Å². The number of halogens is 2. The molecule has 0 saturated carbocycles. The maximum atomic E-state index is 12.4. The summed E-state index contributed by atoms with van der Waals surface area (Å²) in [5, 5.41) is 27.5. The lowest BCUT2D eigenvalue weighted by atomic mass is 10.1. The van der Waals surface area contributed by atoms with Gasteiger partial charge in [-0.1, -0.05) is 18.2 Å². The zero-order chi connectivity index (χ0) is 24.5. The van der Waals surface area contributed by atoms with Crippen LogP contribution in [0.4, 0.5) is 0 Å². The van der Waals surface area contributed by atoms with Gasteiger partial charge in [-0.2, -0.15) is 10.2 Å². The van der Waals surface area contributed by atoms with Crippen molar-refractivity contribution < 1.29 is 19.8 Å². The summed E-state index contributed by atoms with van der Waals surface area (Å²) in [5.74, 6) is -0.581. The van der Waals surface area contributed by atoms with E-state index in [4.69, 9.17) is 23.2 Å². The molecule has 0 aromatic heterocycles. The minimum Gasteiger partial charge on any atom is -0.507 e. The van der Waals surface area contributed by atoms with Crippen LogP contribution in [0.5, 0.6) is 11.5 Å². The van der Waals surface area contributed by atoms with E-state index in [2.05, 4.69) is 21.1 Å². The van der Waals surface area contributed by atoms with Crippen LogP contribution in [-0.2, 0) is 11.8 Å². The van der Waals surface area contributed by atoms with E-state index < -0.39 is 11.8 Å². The molecule has 0 saturated heterocycles. The Kier molecular flexibility index (Phi) is 8.61. The first-order valence-electron chi connectivity index (χ1n) is 9.94. The smallest absolute Gasteiger partial charge is 0.271 e. The highest BCUT2D eigenvalue weighted by atomic mass is 35.5. The molecule has 0 aliphatic rings. The van der Waals surface area contributed by atoms with Crippen molar-refractivity contribution in [3.05, 3.63) is 94.0 Å². The van der Waals surface area contributed by atoms with Gasteiger partial charge in [-0.25, -0.2) is 10.9 Å². The topological polar surface area (TPSA) is 123 Å². The van der Waals surface area contributed by atoms with E-state index in [1.54, 1.807) is 30.3 Å². The number of nitrogens with zero attached hydrogens (tertiary/aromatic N) is 2. The lowest BCUT2D eigenvalue weighted by Gasteiger charge is -2.05. The Morgan fingerprint density at radius 1 is 0.735 bits per heavy atom. The van der Waals surface area contributed by atoms with Crippen LogP contribution in [0.3, 0.4) is 0 Å². The number of hydrazone groups is 2. The van der Waals surface area contributed by atoms with Crippen LogP contribution >= 0.6 is 23.2 Å². The maximum Gasteiger partial charge on any atom is 0.271 e. The number of benzene rings is 3. The first-order valence-corrected chi connectivity index (χ1v) is 11.0. The van der Waals surface area contributed by atoms with E-state index in [1.165, 1.54) is 42.8 Å². The van der Waals surface area contributed by atoms with Gasteiger partial charge in [0, 0.05) is 34.0 Å². The fraction of sp³-hybridized carbons (Fsp3) is 0.0833. The molecule has 0 atom stereocenters. The summed E-state index contributed by atoms with van der Waals surface area (Å²) < 4.78 is 0. The van der Waals surface area contributed by atoms with Crippen LogP contribution in [0.25, 0.3) is 0 Å². The third-order valence-electron chi connectivity index (χ3n) is 4.62. The molecule has 0 fully saturated rings. The zero-order valence-corrected chi connectivity index (χ0v) is 19.2. The molecule has 0 unspecified atom stereocenters. The van der Waals surface area contributed by atoms with Crippen molar-refractivity contribution >= 4 is 47.4 Å². The quantitative estimate of drug-likeness (QED) is 0.212. The lowest BCUT2D eigenvalue weighted by Crippen LogP contribution is -2.20. The Balaban J connectivity index is 1.62. The number of phenols is 2. The minimum atomic E-state index is -0.549. The summed E-state index contributed by atoms with van der Waals surface area (Å²) in [6, 6.07) is 15.7. The van der Waals surface area contributed by atoms with Crippen molar-refractivity contribution in [3.63, 3.8) is 0 Å². The van der Waals surface area contributed by atoms with Crippen LogP contribution in [0.15, 0.2) is 70.9 Å². The number of rotatable bonds is 8. The molecule has 0 aliphatic carbocycles. The fourth-order valence-corrected chi connectivity index (χ4v) is 3.16. The molecule has 4 N–H and O–H groups in total. The second-order valence-electron chi connectivity index (χ2n) is 7.03. The summed E-state index contributed by atoms with van der Waals surface area (Å²) in [4.78, 5) is 24.8. The molecular weight excluding hydrogens is 479 g/mol. The van der Waals surface area contributed by atoms with Crippen molar-refractivity contribution in [1.82, 2.24) is 10.9 Å². The van der Waals surface area contributed by atoms with Crippen LogP contribution in [0, 0.1) is 0 Å². The first-order chi connectivity index (χ1) is 16.4. The predicted molar refractivity (Wildman–Crippen MR) is 132 cm³/mol. The Morgan fingerprint density at radius 2 is 1.29 bits per heavy atom. The predicted octanol–water partition coefficient (Wildman–Crippen LogP) is 4.10. The van der Waals surface area contributed by atoms with Crippen LogP contribution < -0.4 is 10.9 Å². The second kappa shape index (κ2) is 11.8. The van der Waals surface area contributed by atoms with Crippen LogP contribution in [-0.4, -0.2) is 34.5 Å². The molecule has 3 rings (SSSR count). The molecule has 0 aliphatic heterocycles. The monoisotopic (exact) mass is 498 g/mol. The molecule has 0 radical (unpaired) electrons. The highest BCUT2D eigenvalue weighted by molar-refractivity contribution is 6.17. The molecule has 2 amide bonds. The number of hydrogen-bond donors (Lipinski definition) is 4. The number of aromatic hydroxyl groups is 2. The van der Waals surface area contributed by atoms with E-state index in [0.717, 1.165) is 11.1 Å². The van der Waals surface area contributed by atoms with E-state index >= 15 is 0 Å². The number of carbonyl (C=O) groups excluding carboxylic acids is 2. The molecule has 0 bridgehead atoms. The molecule has 3 aromatic rings. The number of amides is 2. The number of hydrogen-bond acceptors (Lipinski definition) is 6. The number of alkyl halides is 2. The molecule has 174 valence electrons. The van der Waals surface area contributed by atoms with E-state index in [1.807, 2.05) is 0 Å². The molecule has 10 heteroatoms. The van der Waals surface area contributed by atoms with E-state index in [0.29, 0.717) is 11.1 Å². The standard InChI is InChI=1S/C24H20Cl2N4O4/c25-11-15-5-7-21(31)20(8-15)14-28-30-24(34)18-3-1-2-17(10-18)23(33)29-27-13-19-6-4-16(12-26)9-22(19)32/h1-10,13-14,31-32H,11-12H2,(H,29,33)(H,30,34). The van der Waals surface area contributed by atoms with Crippen LogP contribution in [0.2, 0.25) is 0 Å². The molecule has 8 nitrogen and oxygen atoms in total. The van der Waals surface area contributed by atoms with Gasteiger partial charge >= 0.3 is 0 Å². The zero-order valence-electron chi connectivity index (χ0n) is 17.7. The van der Waals surface area contributed by atoms with Gasteiger partial charge in [0.1, 0.15) is 11.5 Å². The van der Waals surface area contributed by atoms with E-state index in [9.17, 15) is 19.8 Å². The van der Waals surface area contributed by atoms with Gasteiger partial charge in [0.05, 0.1) is 12.4 Å². The Bertz CT molecular complexity index is 1260. The van der Waals surface area contributed by atoms with Crippen molar-refractivity contribution in [2.45, 2.75) is 11.8 Å². The third kappa shape index (κ3) is 6.57. The van der Waals surface area contributed by atoms with Crippen molar-refractivity contribution in [3.8, 4) is 11.5 Å². The molecule has 34 heavy (non-hydrogen) atoms. The average molecular weight is 499 g/mol. The summed E-state index contributed by atoms with van der Waals surface area (Å²) in [5.41, 5.74) is 7.42. The van der Waals surface area contributed by atoms with Crippen molar-refractivity contribution in [2.75, 3.05) is 0 Å². The Hall–Kier alpha value is -3.88. The molecular formula is C24H20Cl2N4O4. The summed E-state index contributed by atoms with van der Waals surface area (Å²) in [6.07, 6.45) is 2.59. The lowest BCUT2D eigenvalue weighted by molar-refractivity contribution is 0.0954. The Morgan fingerprint density at radius 3 is 1.88 bits per heavy atom. The van der Waals surface area contributed by atoms with Gasteiger partial charge in [-0.15, -0.1) is 23.2 Å². The van der Waals surface area contributed by atoms with E-state index in [-0.39, 0.29) is 34.4 Å². The van der Waals surface area contributed by atoms with Crippen molar-refractivity contribution in [1.29, 1.82) is 0 Å². The first kappa shape index (κ1) is 24.8. The molecule has 0 heterocycles. The third-order valence-corrected chi connectivity index (χ3v) is 5.24. The van der Waals surface area contributed by atoms with Gasteiger partial charge in [0.25, 0.3) is 11.8 Å². The van der Waals surface area contributed by atoms with Gasteiger partial charge in [-0.05, 0) is 53.6 Å². The summed E-state index contributed by atoms with van der Waals surface area (Å²) >= 11 is 11.5. The average Bonchev–Trinajstić information content (AvgIpc) is 2.86. The fourth-order valence-electron chi connectivity index (χ4n) is 2.82. The van der Waals surface area contributed by atoms with Gasteiger partial charge < -0.3 is 10.2 Å². The largest absolute Gasteiger partial charge is 0.507 e.